The van der Waals surface area contributed by atoms with E-state index < -0.39 is 11.4 Å². The standard InChI is InChI=1S/C28H35NO5/c1-26(2,3)34-25(31)29-21-10-7-11-22(30)24(21)27(14-16-28(17-15-27)32-18-19-33-28)23(29)13-12-20-8-5-4-6-9-20/h4-11,23,30H,12-19H2,1-3H3. The van der Waals surface area contributed by atoms with E-state index in [9.17, 15) is 9.90 Å². The fourth-order valence-corrected chi connectivity index (χ4v) is 6.16. The van der Waals surface area contributed by atoms with Crippen LogP contribution in [-0.2, 0) is 26.0 Å². The summed E-state index contributed by atoms with van der Waals surface area (Å²) < 4.78 is 17.9. The van der Waals surface area contributed by atoms with Gasteiger partial charge < -0.3 is 19.3 Å². The lowest BCUT2D eigenvalue weighted by atomic mass is 9.64. The summed E-state index contributed by atoms with van der Waals surface area (Å²) in [5.74, 6) is -0.281. The van der Waals surface area contributed by atoms with Gasteiger partial charge in [0.05, 0.1) is 24.9 Å². The third-order valence-electron chi connectivity index (χ3n) is 7.58. The molecule has 3 aliphatic rings. The van der Waals surface area contributed by atoms with Crippen molar-refractivity contribution in [2.75, 3.05) is 18.1 Å². The monoisotopic (exact) mass is 465 g/mol. The molecule has 5 rings (SSSR count). The van der Waals surface area contributed by atoms with Gasteiger partial charge in [0.15, 0.2) is 5.79 Å². The lowest BCUT2D eigenvalue weighted by molar-refractivity contribution is -0.186. The van der Waals surface area contributed by atoms with E-state index in [-0.39, 0.29) is 23.3 Å². The number of nitrogens with zero attached hydrogens (tertiary/aromatic N) is 1. The molecule has 1 atom stereocenters. The fraction of sp³-hybridized carbons (Fsp3) is 0.536. The number of amides is 1. The molecule has 0 bridgehead atoms. The highest BCUT2D eigenvalue weighted by molar-refractivity contribution is 5.93. The third-order valence-corrected chi connectivity index (χ3v) is 7.58. The Hall–Kier alpha value is -2.57. The van der Waals surface area contributed by atoms with Crippen LogP contribution in [0.5, 0.6) is 5.75 Å². The average Bonchev–Trinajstić information content (AvgIpc) is 3.36. The molecule has 6 heteroatoms. The number of phenols is 1. The molecule has 2 spiro atoms. The van der Waals surface area contributed by atoms with Crippen molar-refractivity contribution in [1.29, 1.82) is 0 Å². The largest absolute Gasteiger partial charge is 0.508 e. The normalized spacial score (nSPS) is 22.8. The topological polar surface area (TPSA) is 68.2 Å². The van der Waals surface area contributed by atoms with Crippen LogP contribution in [0.1, 0.15) is 64.0 Å². The quantitative estimate of drug-likeness (QED) is 0.629. The predicted octanol–water partition coefficient (Wildman–Crippen LogP) is 5.70. The SMILES string of the molecule is CC(C)(C)OC(=O)N1c2cccc(O)c2C2(CCC3(CC2)OCCO3)C1CCc1ccccc1. The lowest BCUT2D eigenvalue weighted by Gasteiger charge is -2.46. The van der Waals surface area contributed by atoms with Gasteiger partial charge in [-0.05, 0) is 64.2 Å². The van der Waals surface area contributed by atoms with Crippen molar-refractivity contribution in [2.24, 2.45) is 0 Å². The van der Waals surface area contributed by atoms with Crippen LogP contribution in [-0.4, -0.2) is 41.8 Å². The van der Waals surface area contributed by atoms with Gasteiger partial charge in [-0.25, -0.2) is 4.79 Å². The van der Waals surface area contributed by atoms with Crippen molar-refractivity contribution < 1.29 is 24.1 Å². The first kappa shape index (κ1) is 23.2. The number of anilines is 1. The second-order valence-electron chi connectivity index (χ2n) is 10.8. The molecule has 1 amide bonds. The van der Waals surface area contributed by atoms with E-state index in [0.29, 0.717) is 13.2 Å². The molecule has 2 heterocycles. The molecule has 2 aromatic rings. The number of hydrogen-bond acceptors (Lipinski definition) is 5. The molecule has 0 aromatic heterocycles. The molecule has 1 unspecified atom stereocenters. The third kappa shape index (κ3) is 4.07. The number of carbonyl (C=O) groups is 1. The van der Waals surface area contributed by atoms with Crippen LogP contribution < -0.4 is 4.90 Å². The van der Waals surface area contributed by atoms with Crippen molar-refractivity contribution in [3.05, 3.63) is 59.7 Å². The van der Waals surface area contributed by atoms with Crippen molar-refractivity contribution >= 4 is 11.8 Å². The van der Waals surface area contributed by atoms with E-state index in [1.54, 1.807) is 6.07 Å². The maximum absolute atomic E-state index is 13.6. The highest BCUT2D eigenvalue weighted by Gasteiger charge is 2.58. The summed E-state index contributed by atoms with van der Waals surface area (Å²) >= 11 is 0. The Morgan fingerprint density at radius 2 is 1.71 bits per heavy atom. The van der Waals surface area contributed by atoms with Gasteiger partial charge in [0.2, 0.25) is 0 Å². The molecule has 1 aliphatic carbocycles. The van der Waals surface area contributed by atoms with Gasteiger partial charge in [0.1, 0.15) is 11.4 Å². The molecule has 6 nitrogen and oxygen atoms in total. The summed E-state index contributed by atoms with van der Waals surface area (Å²) in [5, 5.41) is 11.1. The Labute approximate surface area is 201 Å². The van der Waals surface area contributed by atoms with Crippen molar-refractivity contribution in [1.82, 2.24) is 0 Å². The van der Waals surface area contributed by atoms with E-state index >= 15 is 0 Å². The Kier molecular flexibility index (Phi) is 5.85. The molecule has 1 saturated heterocycles. The zero-order chi connectivity index (χ0) is 24.0. The van der Waals surface area contributed by atoms with Crippen LogP contribution in [0, 0.1) is 0 Å². The molecule has 182 valence electrons. The number of aryl methyl sites for hydroxylation is 1. The average molecular weight is 466 g/mol. The fourth-order valence-electron chi connectivity index (χ4n) is 6.16. The minimum Gasteiger partial charge on any atom is -0.508 e. The van der Waals surface area contributed by atoms with E-state index in [1.165, 1.54) is 5.56 Å². The Bertz CT molecular complexity index is 1030. The maximum Gasteiger partial charge on any atom is 0.415 e. The Balaban J connectivity index is 1.55. The molecule has 0 radical (unpaired) electrons. The van der Waals surface area contributed by atoms with Gasteiger partial charge in [-0.2, -0.15) is 0 Å². The van der Waals surface area contributed by atoms with Crippen LogP contribution in [0.3, 0.4) is 0 Å². The van der Waals surface area contributed by atoms with Gasteiger partial charge in [0.25, 0.3) is 0 Å². The van der Waals surface area contributed by atoms with Crippen molar-refractivity contribution in [3.63, 3.8) is 0 Å². The summed E-state index contributed by atoms with van der Waals surface area (Å²) in [5.41, 5.74) is 1.86. The first-order valence-electron chi connectivity index (χ1n) is 12.4. The van der Waals surface area contributed by atoms with Gasteiger partial charge >= 0.3 is 6.09 Å². The van der Waals surface area contributed by atoms with Gasteiger partial charge in [0, 0.05) is 23.8 Å². The van der Waals surface area contributed by atoms with Crippen molar-refractivity contribution in [2.45, 2.75) is 82.1 Å². The smallest absolute Gasteiger partial charge is 0.415 e. The highest BCUT2D eigenvalue weighted by atomic mass is 16.7. The summed E-state index contributed by atoms with van der Waals surface area (Å²) in [6.45, 7) is 6.90. The number of fused-ring (bicyclic) bond motifs is 2. The number of aromatic hydroxyl groups is 1. The van der Waals surface area contributed by atoms with E-state index in [0.717, 1.165) is 49.8 Å². The summed E-state index contributed by atoms with van der Waals surface area (Å²) in [6, 6.07) is 15.7. The minimum atomic E-state index is -0.615. The number of benzene rings is 2. The number of phenolic OH excluding ortho intramolecular Hbond substituents is 1. The maximum atomic E-state index is 13.6. The molecule has 34 heavy (non-hydrogen) atoms. The summed E-state index contributed by atoms with van der Waals surface area (Å²) in [7, 11) is 0. The second-order valence-corrected chi connectivity index (χ2v) is 10.8. The molecular weight excluding hydrogens is 430 g/mol. The molecule has 2 aliphatic heterocycles. The minimum absolute atomic E-state index is 0.135. The van der Waals surface area contributed by atoms with E-state index in [4.69, 9.17) is 14.2 Å². The summed E-state index contributed by atoms with van der Waals surface area (Å²) in [6.07, 6.45) is 4.27. The molecule has 2 fully saturated rings. The number of rotatable bonds is 3. The first-order valence-corrected chi connectivity index (χ1v) is 12.4. The zero-order valence-electron chi connectivity index (χ0n) is 20.4. The molecule has 2 aromatic carbocycles. The molecule has 1 saturated carbocycles. The highest BCUT2D eigenvalue weighted by Crippen LogP contribution is 2.59. The number of ether oxygens (including phenoxy) is 3. The van der Waals surface area contributed by atoms with Crippen molar-refractivity contribution in [3.8, 4) is 5.75 Å². The predicted molar refractivity (Wildman–Crippen MR) is 130 cm³/mol. The number of carbonyl (C=O) groups excluding carboxylic acids is 1. The first-order chi connectivity index (χ1) is 16.2. The van der Waals surface area contributed by atoms with Gasteiger partial charge in [-0.1, -0.05) is 36.4 Å². The zero-order valence-corrected chi connectivity index (χ0v) is 20.4. The van der Waals surface area contributed by atoms with Crippen LogP contribution in [0.2, 0.25) is 0 Å². The van der Waals surface area contributed by atoms with Gasteiger partial charge in [-0.15, -0.1) is 0 Å². The second kappa shape index (κ2) is 8.58. The number of hydrogen-bond donors (Lipinski definition) is 1. The van der Waals surface area contributed by atoms with E-state index in [2.05, 4.69) is 12.1 Å². The lowest BCUT2D eigenvalue weighted by Crippen LogP contribution is -2.52. The summed E-state index contributed by atoms with van der Waals surface area (Å²) in [4.78, 5) is 15.4. The molecular formula is C28H35NO5. The van der Waals surface area contributed by atoms with Gasteiger partial charge in [-0.3, -0.25) is 4.90 Å². The Morgan fingerprint density at radius 1 is 1.03 bits per heavy atom. The Morgan fingerprint density at radius 3 is 2.35 bits per heavy atom. The van der Waals surface area contributed by atoms with Crippen LogP contribution >= 0.6 is 0 Å². The van der Waals surface area contributed by atoms with Crippen LogP contribution in [0.25, 0.3) is 0 Å². The van der Waals surface area contributed by atoms with Crippen LogP contribution in [0.15, 0.2) is 48.5 Å². The van der Waals surface area contributed by atoms with Crippen LogP contribution in [0.4, 0.5) is 10.5 Å². The van der Waals surface area contributed by atoms with E-state index in [1.807, 2.05) is 56.0 Å². The molecule has 1 N–H and O–H groups in total.